The van der Waals surface area contributed by atoms with Crippen LogP contribution in [0, 0.1) is 0 Å². The molecule has 2 aliphatic rings. The van der Waals surface area contributed by atoms with Crippen LogP contribution in [-0.2, 0) is 6.54 Å². The van der Waals surface area contributed by atoms with Gasteiger partial charge in [0.15, 0.2) is 0 Å². The number of thioether (sulfide) groups is 1. The summed E-state index contributed by atoms with van der Waals surface area (Å²) in [6, 6.07) is 8.84. The molecule has 1 atom stereocenters. The molecule has 0 spiro atoms. The van der Waals surface area contributed by atoms with Crippen LogP contribution in [-0.4, -0.2) is 44.6 Å². The van der Waals surface area contributed by atoms with E-state index in [2.05, 4.69) is 28.9 Å². The van der Waals surface area contributed by atoms with Gasteiger partial charge in [0.1, 0.15) is 5.82 Å². The van der Waals surface area contributed by atoms with Gasteiger partial charge in [-0.15, -0.1) is 0 Å². The normalized spacial score (nSPS) is 21.7. The number of aromatic nitrogens is 2. The van der Waals surface area contributed by atoms with E-state index in [-0.39, 0.29) is 6.03 Å². The van der Waals surface area contributed by atoms with Gasteiger partial charge in [-0.1, -0.05) is 19.1 Å². The van der Waals surface area contributed by atoms with Crippen LogP contribution in [0.25, 0.3) is 11.0 Å². The van der Waals surface area contributed by atoms with Crippen molar-refractivity contribution in [1.82, 2.24) is 19.8 Å². The first-order valence-corrected chi connectivity index (χ1v) is 9.87. The predicted octanol–water partition coefficient (Wildman–Crippen LogP) is 3.41. The first-order chi connectivity index (χ1) is 11.7. The highest BCUT2D eigenvalue weighted by molar-refractivity contribution is 7.99. The van der Waals surface area contributed by atoms with Gasteiger partial charge in [0.25, 0.3) is 0 Å². The number of nitrogens with zero attached hydrogens (tertiary/aromatic N) is 3. The molecule has 1 saturated carbocycles. The average Bonchev–Trinajstić information content (AvgIpc) is 3.38. The monoisotopic (exact) mass is 344 g/mol. The van der Waals surface area contributed by atoms with E-state index in [0.717, 1.165) is 36.6 Å². The molecule has 2 aromatic rings. The third kappa shape index (κ3) is 3.24. The fourth-order valence-electron chi connectivity index (χ4n) is 3.33. The van der Waals surface area contributed by atoms with E-state index in [4.69, 9.17) is 4.98 Å². The number of para-hydroxylation sites is 2. The molecule has 0 radical (unpaired) electrons. The standard InChI is InChI=1S/C18H24N4OS/c1-13-8-9-21(10-11-24-13)18(23)19-12-17-20-15-4-2-3-5-16(15)22(17)14-6-7-14/h2-5,13-14H,6-12H2,1H3,(H,19,23)/t13-/m1/s1. The summed E-state index contributed by atoms with van der Waals surface area (Å²) in [6.45, 7) is 4.42. The van der Waals surface area contributed by atoms with Crippen molar-refractivity contribution in [3.05, 3.63) is 30.1 Å². The zero-order valence-electron chi connectivity index (χ0n) is 14.1. The van der Waals surface area contributed by atoms with Crippen LogP contribution in [0.5, 0.6) is 0 Å². The molecule has 24 heavy (non-hydrogen) atoms. The topological polar surface area (TPSA) is 50.2 Å². The van der Waals surface area contributed by atoms with Crippen LogP contribution in [0.1, 0.15) is 38.1 Å². The summed E-state index contributed by atoms with van der Waals surface area (Å²) < 4.78 is 2.32. The summed E-state index contributed by atoms with van der Waals surface area (Å²) in [7, 11) is 0. The summed E-state index contributed by atoms with van der Waals surface area (Å²) in [5.41, 5.74) is 2.21. The summed E-state index contributed by atoms with van der Waals surface area (Å²) in [6.07, 6.45) is 3.49. The number of imidazole rings is 1. The van der Waals surface area contributed by atoms with Gasteiger partial charge in [-0.05, 0) is 31.4 Å². The number of hydrogen-bond donors (Lipinski definition) is 1. The molecule has 1 aromatic carbocycles. The zero-order valence-corrected chi connectivity index (χ0v) is 14.9. The second kappa shape index (κ2) is 6.67. The maximum absolute atomic E-state index is 12.5. The summed E-state index contributed by atoms with van der Waals surface area (Å²) in [4.78, 5) is 19.2. The smallest absolute Gasteiger partial charge is 0.317 e. The van der Waals surface area contributed by atoms with Crippen molar-refractivity contribution < 1.29 is 4.79 Å². The highest BCUT2D eigenvalue weighted by Gasteiger charge is 2.28. The highest BCUT2D eigenvalue weighted by atomic mass is 32.2. The Bertz CT molecular complexity index is 740. The highest BCUT2D eigenvalue weighted by Crippen LogP contribution is 2.38. The molecule has 4 rings (SSSR count). The molecule has 1 aliphatic carbocycles. The number of benzene rings is 1. The van der Waals surface area contributed by atoms with Gasteiger partial charge in [-0.25, -0.2) is 9.78 Å². The average molecular weight is 344 g/mol. The first-order valence-electron chi connectivity index (χ1n) is 8.82. The third-order valence-corrected chi connectivity index (χ3v) is 6.06. The fraction of sp³-hybridized carbons (Fsp3) is 0.556. The summed E-state index contributed by atoms with van der Waals surface area (Å²) >= 11 is 1.95. The Labute approximate surface area is 146 Å². The SMILES string of the molecule is C[C@@H]1CCN(C(=O)NCc2nc3ccccc3n2C2CC2)CCS1. The van der Waals surface area contributed by atoms with Crippen LogP contribution in [0.4, 0.5) is 4.79 Å². The number of carbonyl (C=O) groups excluding carboxylic acids is 1. The Morgan fingerprint density at radius 2 is 2.12 bits per heavy atom. The molecule has 1 aromatic heterocycles. The van der Waals surface area contributed by atoms with Gasteiger partial charge in [0.05, 0.1) is 17.6 Å². The van der Waals surface area contributed by atoms with Gasteiger partial charge >= 0.3 is 6.03 Å². The van der Waals surface area contributed by atoms with Gasteiger partial charge in [-0.3, -0.25) is 0 Å². The largest absolute Gasteiger partial charge is 0.331 e. The van der Waals surface area contributed by atoms with E-state index >= 15 is 0 Å². The third-order valence-electron chi connectivity index (χ3n) is 4.83. The molecule has 128 valence electrons. The second-order valence-electron chi connectivity index (χ2n) is 6.73. The van der Waals surface area contributed by atoms with Crippen molar-refractivity contribution in [2.75, 3.05) is 18.8 Å². The lowest BCUT2D eigenvalue weighted by molar-refractivity contribution is 0.200. The summed E-state index contributed by atoms with van der Waals surface area (Å²) in [5.74, 6) is 2.00. The van der Waals surface area contributed by atoms with Crippen LogP contribution >= 0.6 is 11.8 Å². The number of nitrogens with one attached hydrogen (secondary N) is 1. The Morgan fingerprint density at radius 1 is 1.29 bits per heavy atom. The van der Waals surface area contributed by atoms with Gasteiger partial charge in [-0.2, -0.15) is 11.8 Å². The molecular formula is C18H24N4OS. The molecule has 6 heteroatoms. The van der Waals surface area contributed by atoms with Gasteiger partial charge in [0.2, 0.25) is 0 Å². The molecule has 0 unspecified atom stereocenters. The molecule has 1 aliphatic heterocycles. The Balaban J connectivity index is 1.46. The van der Waals surface area contributed by atoms with E-state index in [0.29, 0.717) is 17.8 Å². The fourth-order valence-corrected chi connectivity index (χ4v) is 4.33. The van der Waals surface area contributed by atoms with Crippen LogP contribution < -0.4 is 5.32 Å². The van der Waals surface area contributed by atoms with E-state index in [1.165, 1.54) is 18.4 Å². The quantitative estimate of drug-likeness (QED) is 0.928. The number of urea groups is 1. The number of rotatable bonds is 3. The first kappa shape index (κ1) is 15.8. The van der Waals surface area contributed by atoms with Crippen LogP contribution in [0.3, 0.4) is 0 Å². The second-order valence-corrected chi connectivity index (χ2v) is 8.28. The zero-order chi connectivity index (χ0) is 16.5. The van der Waals surface area contributed by atoms with E-state index in [1.54, 1.807) is 0 Å². The number of amides is 2. The Morgan fingerprint density at radius 3 is 2.96 bits per heavy atom. The van der Waals surface area contributed by atoms with Crippen molar-refractivity contribution in [3.8, 4) is 0 Å². The number of carbonyl (C=O) groups is 1. The molecule has 2 amide bonds. The van der Waals surface area contributed by atoms with Crippen LogP contribution in [0.2, 0.25) is 0 Å². The number of hydrogen-bond acceptors (Lipinski definition) is 3. The van der Waals surface area contributed by atoms with Crippen LogP contribution in [0.15, 0.2) is 24.3 Å². The van der Waals surface area contributed by atoms with E-state index in [1.807, 2.05) is 28.8 Å². The molecule has 1 saturated heterocycles. The lowest BCUT2D eigenvalue weighted by atomic mass is 10.3. The minimum Gasteiger partial charge on any atom is -0.331 e. The van der Waals surface area contributed by atoms with Crippen molar-refractivity contribution in [2.24, 2.45) is 0 Å². The van der Waals surface area contributed by atoms with Gasteiger partial charge in [0, 0.05) is 30.1 Å². The molecule has 1 N–H and O–H groups in total. The van der Waals surface area contributed by atoms with Crippen molar-refractivity contribution in [3.63, 3.8) is 0 Å². The lowest BCUT2D eigenvalue weighted by Crippen LogP contribution is -2.41. The summed E-state index contributed by atoms with van der Waals surface area (Å²) in [5, 5.41) is 3.73. The van der Waals surface area contributed by atoms with E-state index in [9.17, 15) is 4.79 Å². The molecular weight excluding hydrogens is 320 g/mol. The number of fused-ring (bicyclic) bond motifs is 1. The minimum absolute atomic E-state index is 0.0408. The van der Waals surface area contributed by atoms with Gasteiger partial charge < -0.3 is 14.8 Å². The van der Waals surface area contributed by atoms with Crippen molar-refractivity contribution in [1.29, 1.82) is 0 Å². The minimum atomic E-state index is 0.0408. The van der Waals surface area contributed by atoms with Crippen molar-refractivity contribution in [2.45, 2.75) is 44.0 Å². The molecule has 5 nitrogen and oxygen atoms in total. The molecule has 2 fully saturated rings. The predicted molar refractivity (Wildman–Crippen MR) is 98.3 cm³/mol. The maximum Gasteiger partial charge on any atom is 0.317 e. The Hall–Kier alpha value is -1.69. The Kier molecular flexibility index (Phi) is 4.39. The van der Waals surface area contributed by atoms with Crippen molar-refractivity contribution >= 4 is 28.8 Å². The molecule has 2 heterocycles. The lowest BCUT2D eigenvalue weighted by Gasteiger charge is -2.20. The maximum atomic E-state index is 12.5. The van der Waals surface area contributed by atoms with E-state index < -0.39 is 0 Å². The molecule has 0 bridgehead atoms.